The molecule has 0 spiro atoms. The van der Waals surface area contributed by atoms with E-state index in [9.17, 15) is 0 Å². The van der Waals surface area contributed by atoms with Crippen molar-refractivity contribution in [3.05, 3.63) is 51.0 Å². The number of nitrogens with one attached hydrogen (secondary N) is 1. The molecule has 0 bridgehead atoms. The smallest absolute Gasteiger partial charge is 0.144 e. The van der Waals surface area contributed by atoms with Gasteiger partial charge in [0, 0.05) is 11.2 Å². The maximum atomic E-state index is 6.04. The van der Waals surface area contributed by atoms with Crippen LogP contribution in [0.15, 0.2) is 41.0 Å². The van der Waals surface area contributed by atoms with E-state index in [4.69, 9.17) is 23.2 Å². The Bertz CT molecular complexity index is 517. The first-order valence-corrected chi connectivity index (χ1v) is 6.04. The molecule has 1 aromatic carbocycles. The standard InChI is InChI=1S/C11H7BrCl2N2/c12-8-2-1-5-15-11(8)16-10-4-3-7(13)6-9(10)14/h1-6H,(H,15,16). The topological polar surface area (TPSA) is 24.9 Å². The zero-order valence-electron chi connectivity index (χ0n) is 8.05. The molecule has 0 unspecified atom stereocenters. The highest BCUT2D eigenvalue weighted by molar-refractivity contribution is 9.10. The van der Waals surface area contributed by atoms with E-state index in [2.05, 4.69) is 26.2 Å². The molecular weight excluding hydrogens is 311 g/mol. The highest BCUT2D eigenvalue weighted by Crippen LogP contribution is 2.29. The fourth-order valence-electron chi connectivity index (χ4n) is 1.20. The summed E-state index contributed by atoms with van der Waals surface area (Å²) in [6, 6.07) is 9.01. The number of hydrogen-bond donors (Lipinski definition) is 1. The second-order valence-corrected chi connectivity index (χ2v) is 4.78. The first-order valence-electron chi connectivity index (χ1n) is 4.49. The van der Waals surface area contributed by atoms with Gasteiger partial charge in [-0.05, 0) is 46.3 Å². The van der Waals surface area contributed by atoms with Gasteiger partial charge in [0.25, 0.3) is 0 Å². The van der Waals surface area contributed by atoms with Crippen molar-refractivity contribution in [1.29, 1.82) is 0 Å². The van der Waals surface area contributed by atoms with Crippen LogP contribution in [0.1, 0.15) is 0 Å². The van der Waals surface area contributed by atoms with Crippen LogP contribution < -0.4 is 5.32 Å². The lowest BCUT2D eigenvalue weighted by Crippen LogP contribution is -1.94. The highest BCUT2D eigenvalue weighted by Gasteiger charge is 2.04. The van der Waals surface area contributed by atoms with Crippen LogP contribution in [0.2, 0.25) is 10.0 Å². The third kappa shape index (κ3) is 2.67. The van der Waals surface area contributed by atoms with Crippen molar-refractivity contribution in [2.24, 2.45) is 0 Å². The quantitative estimate of drug-likeness (QED) is 0.852. The zero-order chi connectivity index (χ0) is 11.5. The molecule has 1 heterocycles. The number of benzene rings is 1. The Hall–Kier alpha value is -0.770. The van der Waals surface area contributed by atoms with E-state index in [0.29, 0.717) is 15.9 Å². The van der Waals surface area contributed by atoms with Crippen molar-refractivity contribution in [2.45, 2.75) is 0 Å². The van der Waals surface area contributed by atoms with Crippen molar-refractivity contribution < 1.29 is 0 Å². The molecule has 16 heavy (non-hydrogen) atoms. The van der Waals surface area contributed by atoms with Gasteiger partial charge in [-0.25, -0.2) is 4.98 Å². The normalized spacial score (nSPS) is 10.2. The van der Waals surface area contributed by atoms with Crippen LogP contribution in [0, 0.1) is 0 Å². The first-order chi connectivity index (χ1) is 7.66. The van der Waals surface area contributed by atoms with Crippen molar-refractivity contribution in [3.8, 4) is 0 Å². The summed E-state index contributed by atoms with van der Waals surface area (Å²) in [7, 11) is 0. The first kappa shape index (κ1) is 11.7. The minimum absolute atomic E-state index is 0.560. The van der Waals surface area contributed by atoms with Gasteiger partial charge in [0.2, 0.25) is 0 Å². The molecule has 5 heteroatoms. The Kier molecular flexibility index (Phi) is 3.69. The summed E-state index contributed by atoms with van der Waals surface area (Å²) < 4.78 is 0.876. The van der Waals surface area contributed by atoms with Gasteiger partial charge in [-0.1, -0.05) is 23.2 Å². The van der Waals surface area contributed by atoms with E-state index in [1.54, 1.807) is 18.3 Å². The van der Waals surface area contributed by atoms with Gasteiger partial charge >= 0.3 is 0 Å². The number of rotatable bonds is 2. The molecule has 0 saturated heterocycles. The average molecular weight is 318 g/mol. The van der Waals surface area contributed by atoms with E-state index < -0.39 is 0 Å². The largest absolute Gasteiger partial charge is 0.338 e. The molecule has 0 radical (unpaired) electrons. The molecule has 1 aromatic heterocycles. The number of halogens is 3. The Morgan fingerprint density at radius 3 is 2.69 bits per heavy atom. The van der Waals surface area contributed by atoms with Crippen LogP contribution in [-0.4, -0.2) is 4.98 Å². The van der Waals surface area contributed by atoms with Gasteiger partial charge in [0.05, 0.1) is 15.2 Å². The lowest BCUT2D eigenvalue weighted by Gasteiger charge is -2.08. The lowest BCUT2D eigenvalue weighted by atomic mass is 10.3. The van der Waals surface area contributed by atoms with Gasteiger partial charge in [0.1, 0.15) is 5.82 Å². The van der Waals surface area contributed by atoms with Gasteiger partial charge in [0.15, 0.2) is 0 Å². The molecule has 0 aliphatic heterocycles. The zero-order valence-corrected chi connectivity index (χ0v) is 11.1. The molecule has 2 nitrogen and oxygen atoms in total. The summed E-state index contributed by atoms with van der Waals surface area (Å²) in [4.78, 5) is 4.19. The predicted molar refractivity (Wildman–Crippen MR) is 71.7 cm³/mol. The van der Waals surface area contributed by atoms with Crippen molar-refractivity contribution in [1.82, 2.24) is 4.98 Å². The molecule has 0 amide bonds. The Morgan fingerprint density at radius 2 is 2.00 bits per heavy atom. The lowest BCUT2D eigenvalue weighted by molar-refractivity contribution is 1.29. The number of nitrogens with zero attached hydrogens (tertiary/aromatic N) is 1. The van der Waals surface area contributed by atoms with Crippen molar-refractivity contribution >= 4 is 50.6 Å². The molecule has 0 atom stereocenters. The summed E-state index contributed by atoms with van der Waals surface area (Å²) >= 11 is 15.3. The van der Waals surface area contributed by atoms with Crippen LogP contribution >= 0.6 is 39.1 Å². The molecular formula is C11H7BrCl2N2. The van der Waals surface area contributed by atoms with Crippen LogP contribution in [-0.2, 0) is 0 Å². The van der Waals surface area contributed by atoms with E-state index in [0.717, 1.165) is 10.2 Å². The second-order valence-electron chi connectivity index (χ2n) is 3.08. The third-order valence-electron chi connectivity index (χ3n) is 1.94. The number of hydrogen-bond acceptors (Lipinski definition) is 2. The van der Waals surface area contributed by atoms with Gasteiger partial charge in [-0.3, -0.25) is 0 Å². The fourth-order valence-corrected chi connectivity index (χ4v) is 2.01. The van der Waals surface area contributed by atoms with Gasteiger partial charge in [-0.2, -0.15) is 0 Å². The van der Waals surface area contributed by atoms with Crippen molar-refractivity contribution in [2.75, 3.05) is 5.32 Å². The van der Waals surface area contributed by atoms with Gasteiger partial charge < -0.3 is 5.32 Å². The minimum Gasteiger partial charge on any atom is -0.338 e. The highest BCUT2D eigenvalue weighted by atomic mass is 79.9. The van der Waals surface area contributed by atoms with Crippen LogP contribution in [0.5, 0.6) is 0 Å². The summed E-state index contributed by atoms with van der Waals surface area (Å²) in [6.07, 6.45) is 1.71. The molecule has 0 saturated carbocycles. The van der Waals surface area contributed by atoms with Gasteiger partial charge in [-0.15, -0.1) is 0 Å². The Morgan fingerprint density at radius 1 is 1.19 bits per heavy atom. The maximum absolute atomic E-state index is 6.04. The third-order valence-corrected chi connectivity index (χ3v) is 3.13. The van der Waals surface area contributed by atoms with E-state index in [1.807, 2.05) is 18.2 Å². The fraction of sp³-hybridized carbons (Fsp3) is 0. The van der Waals surface area contributed by atoms with Crippen LogP contribution in [0.3, 0.4) is 0 Å². The molecule has 2 aromatic rings. The van der Waals surface area contributed by atoms with Crippen LogP contribution in [0.4, 0.5) is 11.5 Å². The Balaban J connectivity index is 2.31. The summed E-state index contributed by atoms with van der Waals surface area (Å²) in [5.41, 5.74) is 0.769. The van der Waals surface area contributed by atoms with Crippen molar-refractivity contribution in [3.63, 3.8) is 0 Å². The molecule has 0 aliphatic carbocycles. The SMILES string of the molecule is Clc1ccc(Nc2ncccc2Br)c(Cl)c1. The van der Waals surface area contributed by atoms with E-state index in [-0.39, 0.29) is 0 Å². The second kappa shape index (κ2) is 5.04. The van der Waals surface area contributed by atoms with E-state index >= 15 is 0 Å². The molecule has 0 fully saturated rings. The van der Waals surface area contributed by atoms with Crippen LogP contribution in [0.25, 0.3) is 0 Å². The summed E-state index contributed by atoms with van der Waals surface area (Å²) in [5.74, 6) is 0.715. The summed E-state index contributed by atoms with van der Waals surface area (Å²) in [5, 5.41) is 4.29. The van der Waals surface area contributed by atoms with E-state index in [1.165, 1.54) is 0 Å². The molecule has 0 aliphatic rings. The number of aromatic nitrogens is 1. The molecule has 2 rings (SSSR count). The Labute approximate surface area is 112 Å². The predicted octanol–water partition coefficient (Wildman–Crippen LogP) is 4.89. The maximum Gasteiger partial charge on any atom is 0.144 e. The minimum atomic E-state index is 0.560. The monoisotopic (exact) mass is 316 g/mol. The molecule has 82 valence electrons. The number of anilines is 2. The average Bonchev–Trinajstić information content (AvgIpc) is 2.25. The molecule has 1 N–H and O–H groups in total. The number of pyridine rings is 1. The summed E-state index contributed by atoms with van der Waals surface area (Å²) in [6.45, 7) is 0.